The summed E-state index contributed by atoms with van der Waals surface area (Å²) < 4.78 is 11.6. The third-order valence-electron chi connectivity index (χ3n) is 11.0. The number of fused-ring (bicyclic) bond motifs is 5. The number of aliphatic hydroxyl groups is 1. The van der Waals surface area contributed by atoms with Crippen molar-refractivity contribution < 1.29 is 33.9 Å². The summed E-state index contributed by atoms with van der Waals surface area (Å²) in [6, 6.07) is 14.6. The van der Waals surface area contributed by atoms with Crippen LogP contribution in [0.25, 0.3) is 10.8 Å². The van der Waals surface area contributed by atoms with Crippen molar-refractivity contribution in [2.75, 3.05) is 27.2 Å². The predicted octanol–water partition coefficient (Wildman–Crippen LogP) is 4.42. The van der Waals surface area contributed by atoms with Crippen LogP contribution < -0.4 is 4.74 Å². The maximum absolute atomic E-state index is 14.5. The standard InChI is InChI=1S/C37H37N3O7/c1-19-24-14-21(17-40-12-7-13-40)10-11-23(24)31(41)25-15-22-16-26-30(39(2)3)33-29(36(38-47-33)46-18-20-8-5-4-6-9-20)35(44)37(26,45)34(43)28(22)32(42)27(19)25/h4-6,8-11,14,22,26,28,30,41,45H,7,12-13,15-18H2,1-3H3. The van der Waals surface area contributed by atoms with Crippen molar-refractivity contribution >= 4 is 28.1 Å². The molecule has 5 unspecified atom stereocenters. The summed E-state index contributed by atoms with van der Waals surface area (Å²) in [7, 11) is 3.57. The number of carbonyl (C=O) groups is 3. The van der Waals surface area contributed by atoms with Crippen molar-refractivity contribution in [3.63, 3.8) is 0 Å². The number of likely N-dealkylation sites (tertiary alicyclic amines) is 1. The molecule has 2 N–H and O–H groups in total. The molecule has 1 saturated carbocycles. The molecule has 10 nitrogen and oxygen atoms in total. The van der Waals surface area contributed by atoms with Gasteiger partial charge in [-0.25, -0.2) is 0 Å². The van der Waals surface area contributed by atoms with Crippen LogP contribution in [0.15, 0.2) is 53.1 Å². The first-order chi connectivity index (χ1) is 22.6. The van der Waals surface area contributed by atoms with Crippen LogP contribution in [-0.2, 0) is 24.4 Å². The molecule has 2 fully saturated rings. The van der Waals surface area contributed by atoms with Gasteiger partial charge in [-0.15, -0.1) is 0 Å². The van der Waals surface area contributed by atoms with Gasteiger partial charge < -0.3 is 19.5 Å². The zero-order valence-corrected chi connectivity index (χ0v) is 26.7. The molecule has 4 aliphatic rings. The predicted molar refractivity (Wildman–Crippen MR) is 171 cm³/mol. The van der Waals surface area contributed by atoms with E-state index in [1.54, 1.807) is 19.0 Å². The number of nitrogens with zero attached hydrogens (tertiary/aromatic N) is 3. The summed E-state index contributed by atoms with van der Waals surface area (Å²) in [5.41, 5.74) is 0.919. The number of rotatable bonds is 6. The molecular weight excluding hydrogens is 598 g/mol. The zero-order chi connectivity index (χ0) is 32.8. The fraction of sp³-hybridized carbons (Fsp3) is 0.405. The highest BCUT2D eigenvalue weighted by atomic mass is 16.5. The third-order valence-corrected chi connectivity index (χ3v) is 11.0. The Morgan fingerprint density at radius 2 is 1.81 bits per heavy atom. The number of hydrogen-bond acceptors (Lipinski definition) is 10. The first kappa shape index (κ1) is 30.0. The second-order valence-electron chi connectivity index (χ2n) is 13.9. The smallest absolute Gasteiger partial charge is 0.265 e. The number of ether oxygens (including phenoxy) is 1. The molecule has 3 aliphatic carbocycles. The molecule has 0 spiro atoms. The summed E-state index contributed by atoms with van der Waals surface area (Å²) >= 11 is 0. The summed E-state index contributed by atoms with van der Waals surface area (Å²) in [5.74, 6) is -4.58. The van der Waals surface area contributed by atoms with Crippen LogP contribution in [0.1, 0.15) is 67.6 Å². The van der Waals surface area contributed by atoms with Gasteiger partial charge in [0.15, 0.2) is 22.9 Å². The fourth-order valence-corrected chi connectivity index (χ4v) is 8.53. The van der Waals surface area contributed by atoms with Gasteiger partial charge in [0.1, 0.15) is 17.9 Å². The molecule has 4 aromatic rings. The van der Waals surface area contributed by atoms with Gasteiger partial charge in [-0.2, -0.15) is 0 Å². The molecule has 0 radical (unpaired) electrons. The average Bonchev–Trinajstić information content (AvgIpc) is 3.46. The molecule has 5 atom stereocenters. The Balaban J connectivity index is 1.19. The summed E-state index contributed by atoms with van der Waals surface area (Å²) in [5, 5.41) is 29.4. The number of phenolic OH excluding ortho intramolecular Hbond substituents is 1. The van der Waals surface area contributed by atoms with Crippen molar-refractivity contribution in [3.8, 4) is 11.6 Å². The minimum absolute atomic E-state index is 0.0535. The molecule has 1 saturated heterocycles. The van der Waals surface area contributed by atoms with Gasteiger partial charge >= 0.3 is 0 Å². The van der Waals surface area contributed by atoms with Crippen molar-refractivity contribution in [1.29, 1.82) is 0 Å². The Labute approximate surface area is 271 Å². The minimum Gasteiger partial charge on any atom is -0.507 e. The Kier molecular flexibility index (Phi) is 6.91. The molecular formula is C37H37N3O7. The van der Waals surface area contributed by atoms with Gasteiger partial charge in [-0.05, 0) is 92.6 Å². The average molecular weight is 636 g/mol. The van der Waals surface area contributed by atoms with E-state index in [2.05, 4.69) is 10.1 Å². The normalized spacial score (nSPS) is 26.9. The lowest BCUT2D eigenvalue weighted by Crippen LogP contribution is -2.66. The monoisotopic (exact) mass is 635 g/mol. The van der Waals surface area contributed by atoms with Crippen LogP contribution in [0.4, 0.5) is 0 Å². The second kappa shape index (κ2) is 10.8. The fourth-order valence-electron chi connectivity index (χ4n) is 8.53. The van der Waals surface area contributed by atoms with Crippen LogP contribution in [0.5, 0.6) is 11.6 Å². The lowest BCUT2D eigenvalue weighted by atomic mass is 9.54. The van der Waals surface area contributed by atoms with E-state index in [0.717, 1.165) is 36.1 Å². The molecule has 0 amide bonds. The molecule has 3 aromatic carbocycles. The Bertz CT molecular complexity index is 1960. The third kappa shape index (κ3) is 4.35. The molecule has 10 heteroatoms. The first-order valence-corrected chi connectivity index (χ1v) is 16.3. The molecule has 1 aromatic heterocycles. The number of hydrogen-bond donors (Lipinski definition) is 2. The van der Waals surface area contributed by atoms with Crippen LogP contribution in [-0.4, -0.2) is 75.3 Å². The first-order valence-electron chi connectivity index (χ1n) is 16.3. The van der Waals surface area contributed by atoms with Gasteiger partial charge in [-0.1, -0.05) is 42.5 Å². The van der Waals surface area contributed by atoms with Crippen LogP contribution in [0.2, 0.25) is 0 Å². The number of Topliss-reactive ketones (excluding diaryl/α,β-unsaturated/α-hetero) is 3. The SMILES string of the molecule is Cc1c2c(c(O)c3ccc(CN4CCC4)cc13)CC1CC3C(N(C)C)c4onc(OCc5ccccc5)c4C(=O)C3(O)C(=O)C1C2=O. The number of aromatic nitrogens is 1. The Hall–Kier alpha value is -4.38. The summed E-state index contributed by atoms with van der Waals surface area (Å²) in [4.78, 5) is 47.4. The van der Waals surface area contributed by atoms with Gasteiger partial charge in [-0.3, -0.25) is 24.2 Å². The van der Waals surface area contributed by atoms with E-state index in [4.69, 9.17) is 9.26 Å². The van der Waals surface area contributed by atoms with Gasteiger partial charge in [0.25, 0.3) is 5.88 Å². The van der Waals surface area contributed by atoms with Crippen LogP contribution in [0, 0.1) is 24.7 Å². The lowest BCUT2D eigenvalue weighted by molar-refractivity contribution is -0.153. The Morgan fingerprint density at radius 1 is 1.04 bits per heavy atom. The second-order valence-corrected chi connectivity index (χ2v) is 13.9. The molecule has 242 valence electrons. The largest absolute Gasteiger partial charge is 0.507 e. The quantitative estimate of drug-likeness (QED) is 0.294. The van der Waals surface area contributed by atoms with E-state index in [-0.39, 0.29) is 42.4 Å². The molecule has 47 heavy (non-hydrogen) atoms. The molecule has 2 heterocycles. The minimum atomic E-state index is -2.48. The summed E-state index contributed by atoms with van der Waals surface area (Å²) in [6.07, 6.45) is 1.64. The van der Waals surface area contributed by atoms with Crippen LogP contribution in [0.3, 0.4) is 0 Å². The van der Waals surface area contributed by atoms with Crippen molar-refractivity contribution in [2.45, 2.75) is 51.0 Å². The lowest BCUT2D eigenvalue weighted by Gasteiger charge is -2.51. The van der Waals surface area contributed by atoms with E-state index in [1.165, 1.54) is 6.42 Å². The molecule has 0 bridgehead atoms. The highest BCUT2D eigenvalue weighted by Gasteiger charge is 2.67. The Morgan fingerprint density at radius 3 is 2.51 bits per heavy atom. The van der Waals surface area contributed by atoms with Crippen molar-refractivity contribution in [1.82, 2.24) is 15.0 Å². The van der Waals surface area contributed by atoms with Gasteiger partial charge in [0.2, 0.25) is 5.78 Å². The zero-order valence-electron chi connectivity index (χ0n) is 26.7. The summed E-state index contributed by atoms with van der Waals surface area (Å²) in [6.45, 7) is 4.83. The van der Waals surface area contributed by atoms with E-state index in [0.29, 0.717) is 22.1 Å². The van der Waals surface area contributed by atoms with Gasteiger partial charge in [0, 0.05) is 29.0 Å². The number of carbonyl (C=O) groups excluding carboxylic acids is 3. The molecule has 8 rings (SSSR count). The maximum atomic E-state index is 14.5. The van der Waals surface area contributed by atoms with E-state index < -0.39 is 46.7 Å². The number of phenols is 1. The van der Waals surface area contributed by atoms with Crippen LogP contribution >= 0.6 is 0 Å². The van der Waals surface area contributed by atoms with E-state index >= 15 is 0 Å². The van der Waals surface area contributed by atoms with Gasteiger partial charge in [0.05, 0.1) is 12.0 Å². The number of ketones is 3. The maximum Gasteiger partial charge on any atom is 0.265 e. The molecule has 1 aliphatic heterocycles. The van der Waals surface area contributed by atoms with Crippen molar-refractivity contribution in [2.24, 2.45) is 17.8 Å². The number of benzene rings is 3. The number of aromatic hydroxyl groups is 1. The topological polar surface area (TPSA) is 133 Å². The highest BCUT2D eigenvalue weighted by Crippen LogP contribution is 2.56. The van der Waals surface area contributed by atoms with E-state index in [9.17, 15) is 24.6 Å². The van der Waals surface area contributed by atoms with Crippen molar-refractivity contribution in [3.05, 3.63) is 87.7 Å². The highest BCUT2D eigenvalue weighted by molar-refractivity contribution is 6.27. The number of aryl methyl sites for hydroxylation is 1. The van der Waals surface area contributed by atoms with E-state index in [1.807, 2.05) is 55.5 Å².